The van der Waals surface area contributed by atoms with Gasteiger partial charge in [0.05, 0.1) is 30.1 Å². The van der Waals surface area contributed by atoms with E-state index in [2.05, 4.69) is 29.4 Å². The molecule has 3 aliphatic rings. The molecule has 3 heterocycles. The Morgan fingerprint density at radius 1 is 1.07 bits per heavy atom. The molecule has 3 fully saturated rings. The molecule has 0 aromatic heterocycles. The number of carbonyl (C=O) groups is 3. The summed E-state index contributed by atoms with van der Waals surface area (Å²) in [7, 11) is 0. The third kappa shape index (κ3) is 5.17. The van der Waals surface area contributed by atoms with Crippen molar-refractivity contribution in [2.75, 3.05) is 29.9 Å². The summed E-state index contributed by atoms with van der Waals surface area (Å²) in [5.41, 5.74) is 0.532. The number of carbonyl (C=O) groups excluding carboxylic acids is 3. The molecule has 9 nitrogen and oxygen atoms in total. The molecule has 0 saturated carbocycles. The van der Waals surface area contributed by atoms with Gasteiger partial charge in [-0.1, -0.05) is 57.5 Å². The minimum Gasteiger partial charge on any atom is -0.394 e. The highest BCUT2D eigenvalue weighted by Crippen LogP contribution is 2.65. The van der Waals surface area contributed by atoms with Crippen LogP contribution in [0.1, 0.15) is 59.9 Å². The van der Waals surface area contributed by atoms with Crippen LogP contribution >= 0.6 is 0 Å². The molecule has 8 atom stereocenters. The van der Waals surface area contributed by atoms with Gasteiger partial charge in [-0.25, -0.2) is 0 Å². The summed E-state index contributed by atoms with van der Waals surface area (Å²) in [6.07, 6.45) is 1.18. The maximum Gasteiger partial charge on any atom is 0.250 e. The Labute approximate surface area is 261 Å². The predicted molar refractivity (Wildman–Crippen MR) is 171 cm³/mol. The van der Waals surface area contributed by atoms with Gasteiger partial charge in [0.15, 0.2) is 0 Å². The average molecular weight is 605 g/mol. The van der Waals surface area contributed by atoms with Crippen molar-refractivity contribution in [3.05, 3.63) is 60.2 Å². The third-order valence-corrected chi connectivity index (χ3v) is 10.7. The SMILES string of the molecule is CC[C@H](C)[C@H](CO)N1C(=O)[C@@H]2[C@@H](C(=O)NCc3ccccc3)[C@]3(C)OC2(CC3C)C1C(=O)Nc1ccc(N(CC)CC)cc1. The normalized spacial score (nSPS) is 30.2. The third-order valence-electron chi connectivity index (χ3n) is 10.7. The van der Waals surface area contributed by atoms with E-state index < -0.39 is 35.1 Å². The lowest BCUT2D eigenvalue weighted by molar-refractivity contribution is -0.150. The Morgan fingerprint density at radius 2 is 1.73 bits per heavy atom. The van der Waals surface area contributed by atoms with E-state index in [1.807, 2.05) is 82.3 Å². The summed E-state index contributed by atoms with van der Waals surface area (Å²) >= 11 is 0. The number of hydrogen-bond acceptors (Lipinski definition) is 6. The van der Waals surface area contributed by atoms with Crippen LogP contribution in [-0.4, -0.2) is 70.7 Å². The molecule has 0 aliphatic carbocycles. The molecule has 2 bridgehead atoms. The molecule has 3 aliphatic heterocycles. The lowest BCUT2D eigenvalue weighted by Gasteiger charge is -2.39. The Balaban J connectivity index is 1.50. The Bertz CT molecular complexity index is 1350. The van der Waals surface area contributed by atoms with Crippen molar-refractivity contribution in [1.29, 1.82) is 0 Å². The van der Waals surface area contributed by atoms with Crippen molar-refractivity contribution in [1.82, 2.24) is 10.2 Å². The van der Waals surface area contributed by atoms with Crippen LogP contribution in [0.5, 0.6) is 0 Å². The van der Waals surface area contributed by atoms with Crippen LogP contribution < -0.4 is 15.5 Å². The largest absolute Gasteiger partial charge is 0.394 e. The van der Waals surface area contributed by atoms with Crippen molar-refractivity contribution in [2.45, 2.75) is 84.2 Å². The lowest BCUT2D eigenvalue weighted by atomic mass is 9.62. The number of hydrogen-bond donors (Lipinski definition) is 3. The standard InChI is InChI=1S/C35H48N4O5/c1-7-22(4)27(21-40)39-30(32(42)37-25-15-17-26(18-16-25)38(8-2)9-3)35-19-23(5)34(6,44-35)28(29(35)33(39)43)31(41)36-20-24-13-11-10-12-14-24/h10-18,22-23,27-30,40H,7-9,19-21H2,1-6H3,(H,36,41)(H,37,42)/t22-,23?,27-,28-,29-,30?,34+,35?/m0/s1. The van der Waals surface area contributed by atoms with E-state index in [-0.39, 0.29) is 36.2 Å². The van der Waals surface area contributed by atoms with Gasteiger partial charge in [0, 0.05) is 31.0 Å². The zero-order valence-electron chi connectivity index (χ0n) is 26.9. The first-order chi connectivity index (χ1) is 21.1. The number of amides is 3. The highest BCUT2D eigenvalue weighted by atomic mass is 16.5. The molecule has 2 aromatic rings. The highest BCUT2D eigenvalue weighted by molar-refractivity contribution is 6.04. The van der Waals surface area contributed by atoms with Crippen LogP contribution in [0, 0.1) is 23.7 Å². The molecule has 2 aromatic carbocycles. The molecule has 3 amide bonds. The maximum absolute atomic E-state index is 14.6. The van der Waals surface area contributed by atoms with Gasteiger partial charge >= 0.3 is 0 Å². The molecule has 9 heteroatoms. The molecule has 44 heavy (non-hydrogen) atoms. The van der Waals surface area contributed by atoms with E-state index in [1.165, 1.54) is 0 Å². The summed E-state index contributed by atoms with van der Waals surface area (Å²) in [5, 5.41) is 16.7. The number of rotatable bonds is 12. The van der Waals surface area contributed by atoms with E-state index in [9.17, 15) is 19.5 Å². The van der Waals surface area contributed by atoms with Gasteiger partial charge < -0.3 is 30.3 Å². The molecular weight excluding hydrogens is 556 g/mol. The topological polar surface area (TPSA) is 111 Å². The molecular formula is C35H48N4O5. The van der Waals surface area contributed by atoms with Gasteiger partial charge in [-0.15, -0.1) is 0 Å². The van der Waals surface area contributed by atoms with Crippen LogP contribution in [0.4, 0.5) is 11.4 Å². The Hall–Kier alpha value is -3.43. The highest BCUT2D eigenvalue weighted by Gasteiger charge is 2.80. The smallest absolute Gasteiger partial charge is 0.250 e. The fourth-order valence-corrected chi connectivity index (χ4v) is 8.00. The van der Waals surface area contributed by atoms with Crippen molar-refractivity contribution in [3.63, 3.8) is 0 Å². The Morgan fingerprint density at radius 3 is 2.32 bits per heavy atom. The van der Waals surface area contributed by atoms with Crippen molar-refractivity contribution >= 4 is 29.1 Å². The fourth-order valence-electron chi connectivity index (χ4n) is 8.00. The predicted octanol–water partition coefficient (Wildman–Crippen LogP) is 4.21. The van der Waals surface area contributed by atoms with Gasteiger partial charge in [0.1, 0.15) is 11.6 Å². The fraction of sp³-hybridized carbons (Fsp3) is 0.571. The van der Waals surface area contributed by atoms with E-state index in [1.54, 1.807) is 4.90 Å². The summed E-state index contributed by atoms with van der Waals surface area (Å²) in [6.45, 7) is 13.9. The molecule has 3 saturated heterocycles. The van der Waals surface area contributed by atoms with E-state index >= 15 is 0 Å². The van der Waals surface area contributed by atoms with Gasteiger partial charge in [-0.3, -0.25) is 14.4 Å². The second kappa shape index (κ2) is 12.5. The molecule has 3 unspecified atom stereocenters. The summed E-state index contributed by atoms with van der Waals surface area (Å²) in [5.74, 6) is -2.65. The summed E-state index contributed by atoms with van der Waals surface area (Å²) in [4.78, 5) is 46.7. The number of aliphatic hydroxyl groups excluding tert-OH is 1. The number of ether oxygens (including phenoxy) is 1. The van der Waals surface area contributed by atoms with Crippen molar-refractivity contribution < 1.29 is 24.2 Å². The van der Waals surface area contributed by atoms with Crippen molar-refractivity contribution in [2.24, 2.45) is 23.7 Å². The average Bonchev–Trinajstić information content (AvgIpc) is 3.54. The quantitative estimate of drug-likeness (QED) is 0.335. The van der Waals surface area contributed by atoms with Crippen LogP contribution in [0.3, 0.4) is 0 Å². The Kier molecular flexibility index (Phi) is 9.10. The summed E-state index contributed by atoms with van der Waals surface area (Å²) in [6, 6.07) is 15.8. The van der Waals surface area contributed by atoms with Crippen LogP contribution in [0.25, 0.3) is 0 Å². The van der Waals surface area contributed by atoms with E-state index in [0.29, 0.717) is 25.1 Å². The second-order valence-electron chi connectivity index (χ2n) is 13.0. The number of anilines is 2. The number of nitrogens with zero attached hydrogens (tertiary/aromatic N) is 2. The zero-order chi connectivity index (χ0) is 31.8. The number of likely N-dealkylation sites (tertiary alicyclic amines) is 1. The number of benzene rings is 2. The van der Waals surface area contributed by atoms with Gasteiger partial charge in [-0.2, -0.15) is 0 Å². The van der Waals surface area contributed by atoms with Crippen molar-refractivity contribution in [3.8, 4) is 0 Å². The molecule has 3 N–H and O–H groups in total. The summed E-state index contributed by atoms with van der Waals surface area (Å²) < 4.78 is 6.86. The van der Waals surface area contributed by atoms with Crippen LogP contribution in [0.2, 0.25) is 0 Å². The molecule has 1 spiro atoms. The minimum absolute atomic E-state index is 0.0706. The first kappa shape index (κ1) is 32.0. The molecule has 0 radical (unpaired) electrons. The van der Waals surface area contributed by atoms with Crippen LogP contribution in [0.15, 0.2) is 54.6 Å². The second-order valence-corrected chi connectivity index (χ2v) is 13.0. The number of fused-ring (bicyclic) bond motifs is 1. The molecule has 5 rings (SSSR count). The van der Waals surface area contributed by atoms with Crippen LogP contribution in [-0.2, 0) is 25.7 Å². The monoisotopic (exact) mass is 604 g/mol. The van der Waals surface area contributed by atoms with Gasteiger partial charge in [-0.05, 0) is 68.9 Å². The lowest BCUT2D eigenvalue weighted by Crippen LogP contribution is -2.57. The zero-order valence-corrected chi connectivity index (χ0v) is 26.9. The molecule has 238 valence electrons. The van der Waals surface area contributed by atoms with E-state index in [0.717, 1.165) is 24.3 Å². The minimum atomic E-state index is -1.19. The van der Waals surface area contributed by atoms with E-state index in [4.69, 9.17) is 4.74 Å². The van der Waals surface area contributed by atoms with Gasteiger partial charge in [0.2, 0.25) is 17.7 Å². The number of aliphatic hydroxyl groups is 1. The first-order valence-electron chi connectivity index (χ1n) is 16.2. The van der Waals surface area contributed by atoms with Gasteiger partial charge in [0.25, 0.3) is 0 Å². The maximum atomic E-state index is 14.6. The number of nitrogens with one attached hydrogen (secondary N) is 2. The first-order valence-corrected chi connectivity index (χ1v) is 16.2.